The van der Waals surface area contributed by atoms with Crippen LogP contribution in [0.15, 0.2) is 51.8 Å². The molecule has 1 atom stereocenters. The zero-order chi connectivity index (χ0) is 21.8. The van der Waals surface area contributed by atoms with Crippen molar-refractivity contribution in [1.82, 2.24) is 14.5 Å². The van der Waals surface area contributed by atoms with Crippen LogP contribution in [-0.4, -0.2) is 36.0 Å². The van der Waals surface area contributed by atoms with E-state index in [1.54, 1.807) is 19.1 Å². The van der Waals surface area contributed by atoms with Gasteiger partial charge < -0.3 is 4.42 Å². The molecule has 2 aromatic carbocycles. The lowest BCUT2D eigenvalue weighted by Gasteiger charge is -2.31. The molecule has 9 heteroatoms. The standard InChI is InChI=1S/C22H21F2N3O3S/c1-14-5-6-17(12-19(14)24)31(28,29)27-9-7-22(8-10-27)13-18(22)21-26-25-20(30-21)15-3-2-4-16(23)11-15/h2-6,11-12,18H,7-10,13H2,1H3/t18-/m1/s1. The summed E-state index contributed by atoms with van der Waals surface area (Å²) < 4.78 is 60.4. The molecule has 2 heterocycles. The van der Waals surface area contributed by atoms with Gasteiger partial charge in [-0.25, -0.2) is 17.2 Å². The highest BCUT2D eigenvalue weighted by Crippen LogP contribution is 2.64. The Hall–Kier alpha value is -2.65. The van der Waals surface area contributed by atoms with E-state index in [0.717, 1.165) is 12.5 Å². The van der Waals surface area contributed by atoms with Crippen LogP contribution in [-0.2, 0) is 10.0 Å². The molecule has 0 N–H and O–H groups in total. The maximum absolute atomic E-state index is 13.9. The molecule has 0 amide bonds. The molecule has 5 rings (SSSR count). The van der Waals surface area contributed by atoms with Gasteiger partial charge in [0.1, 0.15) is 11.6 Å². The van der Waals surface area contributed by atoms with Crippen molar-refractivity contribution in [3.8, 4) is 11.5 Å². The van der Waals surface area contributed by atoms with Crippen LogP contribution >= 0.6 is 0 Å². The van der Waals surface area contributed by atoms with Crippen LogP contribution < -0.4 is 0 Å². The molecule has 6 nitrogen and oxygen atoms in total. The Balaban J connectivity index is 1.28. The van der Waals surface area contributed by atoms with Crippen molar-refractivity contribution in [1.29, 1.82) is 0 Å². The fourth-order valence-corrected chi connectivity index (χ4v) is 5.87. The number of nitrogens with zero attached hydrogens (tertiary/aromatic N) is 3. The van der Waals surface area contributed by atoms with Crippen molar-refractivity contribution < 1.29 is 21.6 Å². The Morgan fingerprint density at radius 2 is 1.87 bits per heavy atom. The van der Waals surface area contributed by atoms with Crippen molar-refractivity contribution in [2.75, 3.05) is 13.1 Å². The third kappa shape index (κ3) is 3.55. The van der Waals surface area contributed by atoms with Crippen LogP contribution in [0.3, 0.4) is 0 Å². The normalized spacial score (nSPS) is 20.8. The molecule has 1 saturated carbocycles. The van der Waals surface area contributed by atoms with E-state index in [-0.39, 0.29) is 27.9 Å². The van der Waals surface area contributed by atoms with Crippen LogP contribution in [0.1, 0.15) is 36.6 Å². The van der Waals surface area contributed by atoms with Gasteiger partial charge in [-0.3, -0.25) is 0 Å². The molecule has 0 unspecified atom stereocenters. The summed E-state index contributed by atoms with van der Waals surface area (Å²) in [7, 11) is -3.74. The Morgan fingerprint density at radius 3 is 2.58 bits per heavy atom. The van der Waals surface area contributed by atoms with Crippen molar-refractivity contribution >= 4 is 10.0 Å². The second-order valence-corrected chi connectivity index (χ2v) is 10.3. The number of rotatable bonds is 4. The number of aryl methyl sites for hydroxylation is 1. The van der Waals surface area contributed by atoms with E-state index in [4.69, 9.17) is 4.42 Å². The van der Waals surface area contributed by atoms with Crippen LogP contribution in [0.2, 0.25) is 0 Å². The molecule has 1 saturated heterocycles. The first kappa shape index (κ1) is 20.3. The lowest BCUT2D eigenvalue weighted by molar-refractivity contribution is 0.246. The van der Waals surface area contributed by atoms with Gasteiger partial charge in [0.15, 0.2) is 0 Å². The van der Waals surface area contributed by atoms with Gasteiger partial charge in [-0.2, -0.15) is 4.31 Å². The Bertz CT molecular complexity index is 1250. The average molecular weight is 445 g/mol. The summed E-state index contributed by atoms with van der Waals surface area (Å²) in [6.45, 7) is 2.32. The van der Waals surface area contributed by atoms with E-state index < -0.39 is 15.8 Å². The van der Waals surface area contributed by atoms with Crippen molar-refractivity contribution in [3.05, 3.63) is 65.6 Å². The van der Waals surface area contributed by atoms with E-state index >= 15 is 0 Å². The van der Waals surface area contributed by atoms with Crippen molar-refractivity contribution in [3.63, 3.8) is 0 Å². The van der Waals surface area contributed by atoms with Gasteiger partial charge in [0, 0.05) is 24.6 Å². The summed E-state index contributed by atoms with van der Waals surface area (Å²) in [5.74, 6) is -0.0393. The fourth-order valence-electron chi connectivity index (χ4n) is 4.42. The van der Waals surface area contributed by atoms with E-state index in [0.29, 0.717) is 42.9 Å². The van der Waals surface area contributed by atoms with Gasteiger partial charge in [0.05, 0.1) is 4.90 Å². The smallest absolute Gasteiger partial charge is 0.247 e. The summed E-state index contributed by atoms with van der Waals surface area (Å²) in [6.07, 6.45) is 2.19. The molecule has 1 aromatic heterocycles. The van der Waals surface area contributed by atoms with Crippen LogP contribution in [0, 0.1) is 24.0 Å². The predicted molar refractivity (Wildman–Crippen MR) is 109 cm³/mol. The lowest BCUT2D eigenvalue weighted by atomic mass is 9.92. The number of hydrogen-bond donors (Lipinski definition) is 0. The molecule has 2 aliphatic rings. The van der Waals surface area contributed by atoms with Gasteiger partial charge >= 0.3 is 0 Å². The first-order valence-corrected chi connectivity index (χ1v) is 11.6. The van der Waals surface area contributed by atoms with Crippen molar-refractivity contribution in [2.45, 2.75) is 37.0 Å². The van der Waals surface area contributed by atoms with Gasteiger partial charge in [0.2, 0.25) is 21.8 Å². The van der Waals surface area contributed by atoms with Crippen LogP contribution in [0.4, 0.5) is 8.78 Å². The number of piperidine rings is 1. The SMILES string of the molecule is Cc1ccc(S(=O)(=O)N2CCC3(CC2)C[C@@H]3c2nnc(-c3cccc(F)c3)o2)cc1F. The zero-order valence-corrected chi connectivity index (χ0v) is 17.7. The van der Waals surface area contributed by atoms with Gasteiger partial charge in [-0.05, 0) is 67.5 Å². The number of benzene rings is 2. The molecule has 3 aromatic rings. The Labute approximate surface area is 179 Å². The Morgan fingerprint density at radius 1 is 1.10 bits per heavy atom. The Kier molecular flexibility index (Phi) is 4.71. The van der Waals surface area contributed by atoms with Gasteiger partial charge in [-0.1, -0.05) is 12.1 Å². The minimum atomic E-state index is -3.74. The molecule has 162 valence electrons. The van der Waals surface area contributed by atoms with Crippen molar-refractivity contribution in [2.24, 2.45) is 5.41 Å². The lowest BCUT2D eigenvalue weighted by Crippen LogP contribution is -2.39. The summed E-state index contributed by atoms with van der Waals surface area (Å²) >= 11 is 0. The molecule has 31 heavy (non-hydrogen) atoms. The van der Waals surface area contributed by atoms with E-state index in [1.807, 2.05) is 0 Å². The van der Waals surface area contributed by atoms with Gasteiger partial charge in [-0.15, -0.1) is 10.2 Å². The zero-order valence-electron chi connectivity index (χ0n) is 16.9. The quantitative estimate of drug-likeness (QED) is 0.599. The molecule has 0 bridgehead atoms. The van der Waals surface area contributed by atoms with E-state index in [9.17, 15) is 17.2 Å². The predicted octanol–water partition coefficient (Wildman–Crippen LogP) is 4.28. The minimum absolute atomic E-state index is 0.0180. The van der Waals surface area contributed by atoms with E-state index in [2.05, 4.69) is 10.2 Å². The largest absolute Gasteiger partial charge is 0.420 e. The third-order valence-electron chi connectivity index (χ3n) is 6.50. The highest BCUT2D eigenvalue weighted by Gasteiger charge is 2.58. The molecule has 0 radical (unpaired) electrons. The number of sulfonamides is 1. The number of halogens is 2. The maximum atomic E-state index is 13.9. The maximum Gasteiger partial charge on any atom is 0.247 e. The molecule has 1 aliphatic carbocycles. The van der Waals surface area contributed by atoms with Gasteiger partial charge in [0.25, 0.3) is 0 Å². The minimum Gasteiger partial charge on any atom is -0.420 e. The summed E-state index contributed by atoms with van der Waals surface area (Å²) in [5.41, 5.74) is 0.880. The van der Waals surface area contributed by atoms with Crippen LogP contribution in [0.5, 0.6) is 0 Å². The highest BCUT2D eigenvalue weighted by atomic mass is 32.2. The molecule has 1 spiro atoms. The summed E-state index contributed by atoms with van der Waals surface area (Å²) in [5, 5.41) is 8.21. The number of aromatic nitrogens is 2. The first-order valence-electron chi connectivity index (χ1n) is 10.1. The van der Waals surface area contributed by atoms with Crippen LogP contribution in [0.25, 0.3) is 11.5 Å². The molecule has 1 aliphatic heterocycles. The monoisotopic (exact) mass is 445 g/mol. The molecule has 2 fully saturated rings. The first-order chi connectivity index (χ1) is 14.8. The summed E-state index contributed by atoms with van der Waals surface area (Å²) in [4.78, 5) is -0.0180. The third-order valence-corrected chi connectivity index (χ3v) is 8.39. The second-order valence-electron chi connectivity index (χ2n) is 8.39. The topological polar surface area (TPSA) is 76.3 Å². The summed E-state index contributed by atoms with van der Waals surface area (Å²) in [6, 6.07) is 10.0. The number of hydrogen-bond acceptors (Lipinski definition) is 5. The highest BCUT2D eigenvalue weighted by molar-refractivity contribution is 7.89. The molecular formula is C22H21F2N3O3S. The molecular weight excluding hydrogens is 424 g/mol. The fraction of sp³-hybridized carbons (Fsp3) is 0.364. The second kappa shape index (κ2) is 7.20. The average Bonchev–Trinajstić information content (AvgIpc) is 3.21. The van der Waals surface area contributed by atoms with E-state index in [1.165, 1.54) is 28.6 Å².